The number of thioether (sulfide) groups is 1. The third-order valence-corrected chi connectivity index (χ3v) is 6.89. The number of nitrogens with zero attached hydrogens (tertiary/aromatic N) is 1. The van der Waals surface area contributed by atoms with E-state index in [1.165, 1.54) is 4.88 Å². The molecule has 5 nitrogen and oxygen atoms in total. The van der Waals surface area contributed by atoms with Crippen LogP contribution in [0.3, 0.4) is 0 Å². The number of rotatable bonds is 8. The second-order valence-electron chi connectivity index (χ2n) is 6.08. The Morgan fingerprint density at radius 1 is 1.33 bits per heavy atom. The summed E-state index contributed by atoms with van der Waals surface area (Å²) in [6.07, 6.45) is -0.258. The summed E-state index contributed by atoms with van der Waals surface area (Å²) in [5.41, 5.74) is 0.728. The van der Waals surface area contributed by atoms with Gasteiger partial charge in [0.05, 0.1) is 9.47 Å². The molecule has 2 aromatic rings. The molecule has 0 radical (unpaired) electrons. The highest BCUT2D eigenvalue weighted by Crippen LogP contribution is 2.33. The molecule has 0 spiro atoms. The fraction of sp³-hybridized carbons (Fsp3) is 0.368. The van der Waals surface area contributed by atoms with Crippen LogP contribution in [0.5, 0.6) is 5.75 Å². The number of benzene rings is 1. The molecule has 27 heavy (non-hydrogen) atoms. The summed E-state index contributed by atoms with van der Waals surface area (Å²) >= 11 is 6.98. The van der Waals surface area contributed by atoms with Crippen LogP contribution in [0.15, 0.2) is 40.2 Å². The highest BCUT2D eigenvalue weighted by Gasteiger charge is 2.31. The minimum Gasteiger partial charge on any atom is -0.479 e. The van der Waals surface area contributed by atoms with E-state index in [9.17, 15) is 9.59 Å². The Labute approximate surface area is 175 Å². The van der Waals surface area contributed by atoms with Crippen LogP contribution in [-0.2, 0) is 15.3 Å². The van der Waals surface area contributed by atoms with Gasteiger partial charge in [-0.15, -0.1) is 11.3 Å². The summed E-state index contributed by atoms with van der Waals surface area (Å²) in [5, 5.41) is 2.93. The van der Waals surface area contributed by atoms with Gasteiger partial charge in [-0.1, -0.05) is 12.1 Å². The zero-order valence-electron chi connectivity index (χ0n) is 14.9. The molecule has 1 aromatic carbocycles. The maximum Gasteiger partial charge on any atom is 0.267 e. The Hall–Kier alpha value is -1.51. The van der Waals surface area contributed by atoms with Crippen LogP contribution >= 0.6 is 39.0 Å². The van der Waals surface area contributed by atoms with Crippen molar-refractivity contribution in [2.24, 2.45) is 0 Å². The van der Waals surface area contributed by atoms with Gasteiger partial charge in [-0.3, -0.25) is 9.59 Å². The van der Waals surface area contributed by atoms with E-state index in [-0.39, 0.29) is 18.2 Å². The van der Waals surface area contributed by atoms with Crippen molar-refractivity contribution < 1.29 is 14.3 Å². The molecule has 1 N–H and O–H groups in total. The van der Waals surface area contributed by atoms with Crippen molar-refractivity contribution in [3.8, 4) is 5.75 Å². The Morgan fingerprint density at radius 2 is 2.15 bits per heavy atom. The van der Waals surface area contributed by atoms with Crippen LogP contribution in [0.2, 0.25) is 0 Å². The molecule has 144 valence electrons. The molecule has 0 aliphatic carbocycles. The smallest absolute Gasteiger partial charge is 0.267 e. The van der Waals surface area contributed by atoms with Crippen molar-refractivity contribution in [2.75, 3.05) is 23.7 Å². The van der Waals surface area contributed by atoms with Crippen molar-refractivity contribution in [1.29, 1.82) is 0 Å². The first-order chi connectivity index (χ1) is 13.0. The van der Waals surface area contributed by atoms with Gasteiger partial charge < -0.3 is 15.0 Å². The molecule has 1 unspecified atom stereocenters. The molecule has 0 fully saturated rings. The quantitative estimate of drug-likeness (QED) is 0.593. The highest BCUT2D eigenvalue weighted by atomic mass is 79.9. The summed E-state index contributed by atoms with van der Waals surface area (Å²) in [6, 6.07) is 11.6. The van der Waals surface area contributed by atoms with E-state index in [0.29, 0.717) is 18.8 Å². The number of nitrogens with one attached hydrogen (secondary N) is 1. The van der Waals surface area contributed by atoms with Gasteiger partial charge in [-0.2, -0.15) is 11.8 Å². The van der Waals surface area contributed by atoms with Crippen molar-refractivity contribution in [3.63, 3.8) is 0 Å². The SMILES string of the molecule is CC1Oc2ccccc2N(CCC(=O)NCCSCc2ccc(Br)s2)C1=O. The van der Waals surface area contributed by atoms with Gasteiger partial charge in [0.25, 0.3) is 5.91 Å². The lowest BCUT2D eigenvalue weighted by molar-refractivity contribution is -0.125. The second kappa shape index (κ2) is 9.61. The first kappa shape index (κ1) is 20.2. The summed E-state index contributed by atoms with van der Waals surface area (Å²) in [4.78, 5) is 27.5. The molecule has 1 atom stereocenters. The molecule has 1 aliphatic heterocycles. The zero-order chi connectivity index (χ0) is 19.2. The molecule has 0 bridgehead atoms. The Balaban J connectivity index is 1.40. The lowest BCUT2D eigenvalue weighted by Gasteiger charge is -2.32. The number of ether oxygens (including phenoxy) is 1. The fourth-order valence-corrected chi connectivity index (χ4v) is 5.21. The molecular weight excluding hydrogens is 448 g/mol. The Morgan fingerprint density at radius 3 is 2.93 bits per heavy atom. The number of para-hydroxylation sites is 2. The minimum atomic E-state index is -0.531. The largest absolute Gasteiger partial charge is 0.479 e. The summed E-state index contributed by atoms with van der Waals surface area (Å²) in [7, 11) is 0. The van der Waals surface area contributed by atoms with E-state index in [0.717, 1.165) is 21.0 Å². The number of fused-ring (bicyclic) bond motifs is 1. The van der Waals surface area contributed by atoms with E-state index >= 15 is 0 Å². The summed E-state index contributed by atoms with van der Waals surface area (Å²) in [5.74, 6) is 2.33. The minimum absolute atomic E-state index is 0.0427. The average molecular weight is 469 g/mol. The molecular formula is C19H21BrN2O3S2. The number of hydrogen-bond acceptors (Lipinski definition) is 5. The lowest BCUT2D eigenvalue weighted by atomic mass is 10.1. The molecule has 2 heterocycles. The molecule has 2 amide bonds. The number of amides is 2. The molecule has 1 aliphatic rings. The normalized spacial score (nSPS) is 16.0. The first-order valence-electron chi connectivity index (χ1n) is 8.70. The van der Waals surface area contributed by atoms with E-state index < -0.39 is 6.10 Å². The molecule has 0 saturated heterocycles. The van der Waals surface area contributed by atoms with E-state index in [1.807, 2.05) is 30.3 Å². The number of thiophene rings is 1. The molecule has 8 heteroatoms. The Bertz CT molecular complexity index is 812. The molecule has 3 rings (SSSR count). The summed E-state index contributed by atoms with van der Waals surface area (Å²) < 4.78 is 6.75. The number of hydrogen-bond donors (Lipinski definition) is 1. The average Bonchev–Trinajstić information content (AvgIpc) is 3.07. The second-order valence-corrected chi connectivity index (χ2v) is 9.73. The zero-order valence-corrected chi connectivity index (χ0v) is 18.2. The Kier molecular flexibility index (Phi) is 7.20. The molecule has 1 aromatic heterocycles. The number of carbonyl (C=O) groups excluding carboxylic acids is 2. The van der Waals surface area contributed by atoms with Gasteiger partial charge in [0.2, 0.25) is 5.91 Å². The maximum atomic E-state index is 12.4. The van der Waals surface area contributed by atoms with Crippen LogP contribution in [0.4, 0.5) is 5.69 Å². The van der Waals surface area contributed by atoms with E-state index in [4.69, 9.17) is 4.74 Å². The predicted octanol–water partition coefficient (Wildman–Crippen LogP) is 4.06. The van der Waals surface area contributed by atoms with Gasteiger partial charge in [-0.05, 0) is 47.1 Å². The fourth-order valence-electron chi connectivity index (χ4n) is 2.76. The standard InChI is InChI=1S/C19H21BrN2O3S2/c1-13-19(24)22(15-4-2-3-5-16(15)25-13)10-8-18(23)21-9-11-26-12-14-6-7-17(20)27-14/h2-7,13H,8-12H2,1H3,(H,21,23). The lowest BCUT2D eigenvalue weighted by Crippen LogP contribution is -2.45. The van der Waals surface area contributed by atoms with Crippen LogP contribution < -0.4 is 15.0 Å². The van der Waals surface area contributed by atoms with Gasteiger partial charge in [0.1, 0.15) is 5.75 Å². The van der Waals surface area contributed by atoms with Crippen LogP contribution in [0.1, 0.15) is 18.2 Å². The van der Waals surface area contributed by atoms with E-state index in [2.05, 4.69) is 27.3 Å². The number of anilines is 1. The van der Waals surface area contributed by atoms with Gasteiger partial charge in [0, 0.05) is 35.9 Å². The number of carbonyl (C=O) groups is 2. The van der Waals surface area contributed by atoms with Crippen LogP contribution in [0.25, 0.3) is 0 Å². The third kappa shape index (κ3) is 5.49. The van der Waals surface area contributed by atoms with Crippen molar-refractivity contribution >= 4 is 56.5 Å². The van der Waals surface area contributed by atoms with Gasteiger partial charge in [0.15, 0.2) is 6.10 Å². The first-order valence-corrected chi connectivity index (χ1v) is 11.5. The summed E-state index contributed by atoms with van der Waals surface area (Å²) in [6.45, 7) is 2.71. The predicted molar refractivity (Wildman–Crippen MR) is 115 cm³/mol. The maximum absolute atomic E-state index is 12.4. The number of halogens is 1. The van der Waals surface area contributed by atoms with Crippen LogP contribution in [0, 0.1) is 0 Å². The van der Waals surface area contributed by atoms with Gasteiger partial charge >= 0.3 is 0 Å². The molecule has 0 saturated carbocycles. The monoisotopic (exact) mass is 468 g/mol. The van der Waals surface area contributed by atoms with Gasteiger partial charge in [-0.25, -0.2) is 0 Å². The van der Waals surface area contributed by atoms with Crippen molar-refractivity contribution in [3.05, 3.63) is 45.1 Å². The van der Waals surface area contributed by atoms with Crippen molar-refractivity contribution in [2.45, 2.75) is 25.2 Å². The van der Waals surface area contributed by atoms with Crippen molar-refractivity contribution in [1.82, 2.24) is 5.32 Å². The highest BCUT2D eigenvalue weighted by molar-refractivity contribution is 9.11. The topological polar surface area (TPSA) is 58.6 Å². The van der Waals surface area contributed by atoms with Crippen LogP contribution in [-0.4, -0.2) is 36.8 Å². The van der Waals surface area contributed by atoms with E-state index in [1.54, 1.807) is 34.9 Å². The third-order valence-electron chi connectivity index (χ3n) is 4.08.